The summed E-state index contributed by atoms with van der Waals surface area (Å²) in [5, 5.41) is 32.6. The third kappa shape index (κ3) is 17.4. The van der Waals surface area contributed by atoms with Crippen LogP contribution in [0.1, 0.15) is 121 Å². The summed E-state index contributed by atoms with van der Waals surface area (Å²) in [4.78, 5) is 129. The summed E-state index contributed by atoms with van der Waals surface area (Å²) in [6.07, 6.45) is 8.63. The van der Waals surface area contributed by atoms with Crippen LogP contribution in [0.15, 0.2) is 81.8 Å². The molecule has 27 nitrogen and oxygen atoms in total. The maximum atomic E-state index is 15.9. The monoisotopic (exact) mass is 2110 g/mol. The predicted octanol–water partition coefficient (Wildman–Crippen LogP) is 22.0. The molecule has 0 aliphatic carbocycles. The van der Waals surface area contributed by atoms with Gasteiger partial charge in [0.05, 0.1) is 172 Å². The lowest BCUT2D eigenvalue weighted by molar-refractivity contribution is -0.127. The lowest BCUT2D eigenvalue weighted by Crippen LogP contribution is -2.49. The first-order chi connectivity index (χ1) is 64.0. The number of nitrogens with zero attached hydrogens (tertiary/aromatic N) is 18. The lowest BCUT2D eigenvalue weighted by atomic mass is 10.0. The van der Waals surface area contributed by atoms with Crippen molar-refractivity contribution in [3.63, 3.8) is 0 Å². The number of carbonyl (C=O) groups excluding carboxylic acids is 3. The number of anilines is 6. The van der Waals surface area contributed by atoms with Crippen LogP contribution in [-0.2, 0) is 14.4 Å². The van der Waals surface area contributed by atoms with E-state index in [1.165, 1.54) is 56.2 Å². The number of nitrogens with two attached hydrogens (primary N) is 3. The van der Waals surface area contributed by atoms with Crippen LogP contribution in [-0.4, -0.2) is 155 Å². The van der Waals surface area contributed by atoms with Gasteiger partial charge >= 0.3 is 0 Å². The highest BCUT2D eigenvalue weighted by molar-refractivity contribution is 6.56. The Bertz CT molecular complexity index is 7510. The van der Waals surface area contributed by atoms with E-state index in [1.54, 1.807) is 63.9 Å². The molecule has 42 heteroatoms. The fourth-order valence-corrected chi connectivity index (χ4v) is 21.2. The largest absolute Gasteiger partial charge is 0.396 e. The van der Waals surface area contributed by atoms with Crippen molar-refractivity contribution < 1.29 is 14.4 Å². The molecule has 135 heavy (non-hydrogen) atoms. The zero-order valence-corrected chi connectivity index (χ0v) is 84.1. The number of aryl methyl sites for hydroxylation is 3. The highest BCUT2D eigenvalue weighted by Gasteiger charge is 2.38. The maximum absolute atomic E-state index is 15.9. The summed E-state index contributed by atoms with van der Waals surface area (Å²) in [5.41, 5.74) is 20.3. The van der Waals surface area contributed by atoms with E-state index in [9.17, 15) is 30.2 Å². The second-order valence-corrected chi connectivity index (χ2v) is 38.7. The molecule has 0 saturated carbocycles. The summed E-state index contributed by atoms with van der Waals surface area (Å²) in [6.45, 7) is 21.6. The first-order valence-electron chi connectivity index (χ1n) is 41.6. The Hall–Kier alpha value is -10.6. The van der Waals surface area contributed by atoms with Crippen molar-refractivity contribution in [2.24, 2.45) is 0 Å². The summed E-state index contributed by atoms with van der Waals surface area (Å²) < 4.78 is 3.89. The molecule has 692 valence electrons. The van der Waals surface area contributed by atoms with E-state index in [4.69, 9.17) is 216 Å². The van der Waals surface area contributed by atoms with Gasteiger partial charge in [0.25, 0.3) is 16.7 Å². The molecular weight excluding hydrogens is 2040 g/mol. The molecule has 3 aromatic carbocycles. The second-order valence-electron chi connectivity index (χ2n) is 33.0. The number of pyridine rings is 9. The van der Waals surface area contributed by atoms with Crippen LogP contribution in [0.5, 0.6) is 0 Å². The molecule has 12 heterocycles. The molecule has 3 aliphatic heterocycles. The number of hydrogen-bond donors (Lipinski definition) is 3. The minimum atomic E-state index is -0.831. The molecule has 12 aromatic rings. The molecule has 3 fully saturated rings. The third-order valence-electron chi connectivity index (χ3n) is 23.8. The summed E-state index contributed by atoms with van der Waals surface area (Å²) in [5.74, 6) is -2.27. The van der Waals surface area contributed by atoms with Crippen LogP contribution >= 0.6 is 174 Å². The number of carbonyl (C=O) groups is 3. The Morgan fingerprint density at radius 2 is 0.659 bits per heavy atom. The fraction of sp³-hybridized carbons (Fsp3) is 0.258. The van der Waals surface area contributed by atoms with E-state index in [0.29, 0.717) is 50.8 Å². The Balaban J connectivity index is 0.745. The predicted molar refractivity (Wildman–Crippen MR) is 545 cm³/mol. The molecule has 3 aliphatic rings. The number of rotatable bonds is 17. The van der Waals surface area contributed by atoms with Crippen molar-refractivity contribution in [3.05, 3.63) is 236 Å². The SMILES string of the molecule is C=CC(=O)N1CCN(c2c(C#N)c(=O)n(-c3c(C)cc(/C=C\C(=O)N4CCN(c5c(C#N)c(=O)n(-c6c(C)cc(/C=C\C(=O)N7CCN(c8c(C#N)c(=O)n(-c9c(C)ccnc9C(C)C)c9nc(-c%10c(Cl)c(N)c(Cl)c(Cl)c%10Cl)c(Cl)cc89)CC7)nc6C(C)C)c6nc(-c7c(Cl)c(N)c(Cl)c(Cl)c7Cl)c(Cl)cc56)CC4)nc3C(C)C)c3nc(-c4c(Cl)c(N)c(Cl)c(Cl)c4Cl)c(Cl)cc23)CC1. The fourth-order valence-electron chi connectivity index (χ4n) is 17.2. The van der Waals surface area contributed by atoms with Gasteiger partial charge in [-0.05, 0) is 110 Å². The molecule has 15 rings (SSSR count). The smallest absolute Gasteiger partial charge is 0.276 e. The van der Waals surface area contributed by atoms with E-state index in [0.717, 1.165) is 0 Å². The minimum absolute atomic E-state index is 0.000504. The van der Waals surface area contributed by atoms with Gasteiger partial charge in [0.1, 0.15) is 51.8 Å². The molecule has 0 radical (unpaired) electrons. The topological polar surface area (TPSA) is 363 Å². The van der Waals surface area contributed by atoms with E-state index >= 15 is 14.4 Å². The van der Waals surface area contributed by atoms with Gasteiger partial charge in [-0.1, -0.05) is 222 Å². The van der Waals surface area contributed by atoms with Gasteiger partial charge in [0, 0.05) is 130 Å². The van der Waals surface area contributed by atoms with Crippen molar-refractivity contribution in [1.29, 1.82) is 15.8 Å². The van der Waals surface area contributed by atoms with Crippen LogP contribution in [0.25, 0.3) is 96.1 Å². The number of nitrogen functional groups attached to an aromatic ring is 3. The van der Waals surface area contributed by atoms with Crippen molar-refractivity contribution >= 4 is 271 Å². The second kappa shape index (κ2) is 39.1. The highest BCUT2D eigenvalue weighted by atomic mass is 35.5. The van der Waals surface area contributed by atoms with E-state index in [1.807, 2.05) is 58.3 Å². The quantitative estimate of drug-likeness (QED) is 0.0330. The van der Waals surface area contributed by atoms with Gasteiger partial charge in [-0.3, -0.25) is 57.4 Å². The number of benzene rings is 3. The first-order valence-corrected chi connectivity index (χ1v) is 47.2. The third-order valence-corrected chi connectivity index (χ3v) is 29.9. The molecule has 0 spiro atoms. The summed E-state index contributed by atoms with van der Waals surface area (Å²) in [7, 11) is 0. The Kier molecular flexibility index (Phi) is 28.7. The number of halogens is 15. The molecule has 0 unspecified atom stereocenters. The van der Waals surface area contributed by atoms with Crippen molar-refractivity contribution in [1.82, 2.24) is 58.3 Å². The molecule has 0 atom stereocenters. The Morgan fingerprint density at radius 3 is 0.933 bits per heavy atom. The number of amides is 3. The first kappa shape index (κ1) is 98.9. The van der Waals surface area contributed by atoms with Crippen molar-refractivity contribution in [3.8, 4) is 69.0 Å². The van der Waals surface area contributed by atoms with Gasteiger partial charge in [0.2, 0.25) is 17.7 Å². The van der Waals surface area contributed by atoms with Gasteiger partial charge in [-0.25, -0.2) is 15.0 Å². The number of hydrogen-bond acceptors (Lipinski definition) is 21. The summed E-state index contributed by atoms with van der Waals surface area (Å²) >= 11 is 103. The molecular formula is C93H74Cl15N21O6. The Labute approximate surface area is 847 Å². The molecule has 3 saturated heterocycles. The van der Waals surface area contributed by atoms with E-state index in [2.05, 4.69) is 29.8 Å². The van der Waals surface area contributed by atoms with Gasteiger partial charge in [-0.2, -0.15) is 15.8 Å². The van der Waals surface area contributed by atoms with Crippen molar-refractivity contribution in [2.45, 2.75) is 80.1 Å². The van der Waals surface area contributed by atoms with Crippen LogP contribution < -0.4 is 48.6 Å². The Morgan fingerprint density at radius 1 is 0.378 bits per heavy atom. The molecule has 0 bridgehead atoms. The zero-order valence-electron chi connectivity index (χ0n) is 72.8. The number of fused-ring (bicyclic) bond motifs is 3. The average Bonchev–Trinajstić information content (AvgIpc) is 0.726. The van der Waals surface area contributed by atoms with E-state index < -0.39 is 40.3 Å². The number of piperazine rings is 3. The highest BCUT2D eigenvalue weighted by Crippen LogP contribution is 2.54. The lowest BCUT2D eigenvalue weighted by Gasteiger charge is -2.36. The van der Waals surface area contributed by atoms with E-state index in [-0.39, 0.29) is 295 Å². The van der Waals surface area contributed by atoms with Gasteiger partial charge in [-0.15, -0.1) is 0 Å². The van der Waals surface area contributed by atoms with Gasteiger partial charge in [0.15, 0.2) is 0 Å². The standard InChI is InChI=1S/C93H74Cl15N21O6/c1-11-55(130)121-18-24-124(25-19-121)86-47-33-53(95)80(59-62(98)68(104)71(107)74(113)65(59)101)119-89(47)128(92(134)50(86)36-110)83-42(9)30-44(116-77(83)39(4)5)13-15-57(132)123-22-28-126(29-23-123)87-48-34-54(96)81(60-63(99)69(105)72(108)75(114)66(60)102)120-90(48)129(93(135)51(87)37-111)84-43(10)31-45(117-78(84)40(6)7)12-14-56(131)122-20-26-125(27-21-122)85-46-32-52(94)79(58-61(97)67(103)70(106)73(112)64(58)100)118-88(46)127(91(133)49(85)35-109)82-41(8)16-17-115-76(82)38(2)3/h11-17,30-34,38-40H,1,18-29,112-114H2,2-10H3/b14-12-,15-13-. The minimum Gasteiger partial charge on any atom is -0.396 e. The van der Waals surface area contributed by atoms with Gasteiger partial charge < -0.3 is 46.6 Å². The van der Waals surface area contributed by atoms with Crippen LogP contribution in [0, 0.1) is 54.8 Å². The molecule has 3 amide bonds. The van der Waals surface area contributed by atoms with Crippen LogP contribution in [0.2, 0.25) is 75.3 Å². The number of nitriles is 3. The van der Waals surface area contributed by atoms with Crippen LogP contribution in [0.3, 0.4) is 0 Å². The zero-order chi connectivity index (χ0) is 97.9. The molecule has 9 aromatic heterocycles. The van der Waals surface area contributed by atoms with Crippen LogP contribution in [0.4, 0.5) is 34.1 Å². The van der Waals surface area contributed by atoms with Crippen molar-refractivity contribution in [2.75, 3.05) is 110 Å². The maximum Gasteiger partial charge on any atom is 0.276 e. The summed E-state index contributed by atoms with van der Waals surface area (Å²) in [6, 6.07) is 16.2. The molecule has 6 N–H and O–H groups in total. The average molecular weight is 2110 g/mol. The normalized spacial score (nSPS) is 13.9. The number of aromatic nitrogens is 9.